The van der Waals surface area contributed by atoms with Crippen LogP contribution in [0.4, 0.5) is 5.69 Å². The van der Waals surface area contributed by atoms with Gasteiger partial charge in [-0.2, -0.15) is 0 Å². The average molecular weight is 438 g/mol. The van der Waals surface area contributed by atoms with Crippen molar-refractivity contribution in [3.05, 3.63) is 55.6 Å². The predicted molar refractivity (Wildman–Crippen MR) is 95.4 cm³/mol. The second-order valence-corrected chi connectivity index (χ2v) is 6.86. The van der Waals surface area contributed by atoms with Crippen LogP contribution in [0.3, 0.4) is 0 Å². The summed E-state index contributed by atoms with van der Waals surface area (Å²) in [5.41, 5.74) is 1.01. The van der Waals surface area contributed by atoms with Crippen molar-refractivity contribution < 1.29 is 4.79 Å². The van der Waals surface area contributed by atoms with Crippen LogP contribution >= 0.6 is 57.6 Å². The van der Waals surface area contributed by atoms with Crippen molar-refractivity contribution in [2.24, 2.45) is 0 Å². The summed E-state index contributed by atoms with van der Waals surface area (Å²) in [6.45, 7) is 0. The minimum atomic E-state index is -0.269. The molecule has 1 amide bonds. The first kappa shape index (κ1) is 15.9. The highest BCUT2D eigenvalue weighted by Gasteiger charge is 2.13. The van der Waals surface area contributed by atoms with Gasteiger partial charge in [0.15, 0.2) is 0 Å². The maximum Gasteiger partial charge on any atom is 0.257 e. The number of halogens is 3. The first-order chi connectivity index (χ1) is 9.51. The lowest BCUT2D eigenvalue weighted by molar-refractivity contribution is 0.102. The Morgan fingerprint density at radius 2 is 1.90 bits per heavy atom. The minimum absolute atomic E-state index is 0.269. The molecule has 0 fully saturated rings. The second kappa shape index (κ2) is 7.02. The fourth-order valence-electron chi connectivity index (χ4n) is 1.59. The Bertz CT molecular complexity index is 664. The summed E-state index contributed by atoms with van der Waals surface area (Å²) >= 11 is 15.9. The molecule has 0 saturated carbocycles. The summed E-state index contributed by atoms with van der Waals surface area (Å²) in [6.07, 6.45) is 1.95. The SMILES string of the molecule is CSc1ccc(Cl)c(C(=O)Nc2ccc(I)cc2Cl)c1. The number of nitrogens with one attached hydrogen (secondary N) is 1. The number of anilines is 1. The molecule has 2 aromatic rings. The second-order valence-electron chi connectivity index (χ2n) is 3.92. The first-order valence-corrected chi connectivity index (χ1v) is 8.67. The third-order valence-electron chi connectivity index (χ3n) is 2.60. The van der Waals surface area contributed by atoms with Gasteiger partial charge in [0.1, 0.15) is 0 Å². The fraction of sp³-hybridized carbons (Fsp3) is 0.0714. The lowest BCUT2D eigenvalue weighted by Gasteiger charge is -2.09. The number of benzene rings is 2. The fourth-order valence-corrected chi connectivity index (χ4v) is 3.13. The predicted octanol–water partition coefficient (Wildman–Crippen LogP) is 5.57. The van der Waals surface area contributed by atoms with E-state index in [-0.39, 0.29) is 5.91 Å². The Labute approximate surface area is 145 Å². The van der Waals surface area contributed by atoms with E-state index in [1.165, 1.54) is 0 Å². The highest BCUT2D eigenvalue weighted by Crippen LogP contribution is 2.27. The molecule has 2 nitrogen and oxygen atoms in total. The van der Waals surface area contributed by atoms with Crippen LogP contribution in [-0.4, -0.2) is 12.2 Å². The third kappa shape index (κ3) is 3.81. The molecule has 0 aliphatic rings. The Balaban J connectivity index is 2.28. The minimum Gasteiger partial charge on any atom is -0.321 e. The highest BCUT2D eigenvalue weighted by atomic mass is 127. The van der Waals surface area contributed by atoms with Gasteiger partial charge in [0, 0.05) is 8.47 Å². The first-order valence-electron chi connectivity index (χ1n) is 5.61. The Kier molecular flexibility index (Phi) is 5.60. The summed E-state index contributed by atoms with van der Waals surface area (Å²) in [5.74, 6) is -0.269. The summed E-state index contributed by atoms with van der Waals surface area (Å²) in [4.78, 5) is 13.3. The quantitative estimate of drug-likeness (QED) is 0.502. The zero-order chi connectivity index (χ0) is 14.7. The maximum atomic E-state index is 12.3. The molecule has 0 aliphatic heterocycles. The molecule has 0 radical (unpaired) electrons. The summed E-state index contributed by atoms with van der Waals surface area (Å²) in [6, 6.07) is 10.8. The molecule has 6 heteroatoms. The van der Waals surface area contributed by atoms with E-state index in [1.54, 1.807) is 36.0 Å². The van der Waals surface area contributed by atoms with E-state index in [0.29, 0.717) is 21.3 Å². The Morgan fingerprint density at radius 1 is 1.15 bits per heavy atom. The van der Waals surface area contributed by atoms with E-state index >= 15 is 0 Å². The molecule has 104 valence electrons. The topological polar surface area (TPSA) is 29.1 Å². The molecule has 0 bridgehead atoms. The van der Waals surface area contributed by atoms with E-state index in [4.69, 9.17) is 23.2 Å². The monoisotopic (exact) mass is 437 g/mol. The van der Waals surface area contributed by atoms with Crippen LogP contribution in [0.5, 0.6) is 0 Å². The molecule has 0 atom stereocenters. The highest BCUT2D eigenvalue weighted by molar-refractivity contribution is 14.1. The van der Waals surface area contributed by atoms with Crippen LogP contribution in [0.25, 0.3) is 0 Å². The molecule has 0 aliphatic carbocycles. The Hall–Kier alpha value is -0.430. The zero-order valence-electron chi connectivity index (χ0n) is 10.4. The molecule has 0 heterocycles. The molecule has 0 unspecified atom stereocenters. The zero-order valence-corrected chi connectivity index (χ0v) is 14.9. The number of hydrogen-bond donors (Lipinski definition) is 1. The van der Waals surface area contributed by atoms with Crippen LogP contribution in [0, 0.1) is 3.57 Å². The molecule has 0 aromatic heterocycles. The molecule has 20 heavy (non-hydrogen) atoms. The standard InChI is InChI=1S/C14H10Cl2INOS/c1-20-9-3-4-11(15)10(7-9)14(19)18-13-5-2-8(17)6-12(13)16/h2-7H,1H3,(H,18,19). The molecular weight excluding hydrogens is 428 g/mol. The van der Waals surface area contributed by atoms with Gasteiger partial charge in [-0.15, -0.1) is 11.8 Å². The lowest BCUT2D eigenvalue weighted by atomic mass is 10.2. The normalized spacial score (nSPS) is 10.4. The Morgan fingerprint density at radius 3 is 2.55 bits per heavy atom. The van der Waals surface area contributed by atoms with Gasteiger partial charge in [-0.1, -0.05) is 23.2 Å². The molecular formula is C14H10Cl2INOS. The largest absolute Gasteiger partial charge is 0.321 e. The number of thioether (sulfide) groups is 1. The van der Waals surface area contributed by atoms with Gasteiger partial charge in [0.05, 0.1) is 21.3 Å². The van der Waals surface area contributed by atoms with Gasteiger partial charge < -0.3 is 5.32 Å². The van der Waals surface area contributed by atoms with Crippen molar-refractivity contribution >= 4 is 69.1 Å². The van der Waals surface area contributed by atoms with Gasteiger partial charge in [-0.3, -0.25) is 4.79 Å². The van der Waals surface area contributed by atoms with Gasteiger partial charge >= 0.3 is 0 Å². The van der Waals surface area contributed by atoms with Crippen molar-refractivity contribution in [3.8, 4) is 0 Å². The number of carbonyl (C=O) groups is 1. The average Bonchev–Trinajstić information content (AvgIpc) is 2.42. The van der Waals surface area contributed by atoms with Crippen LogP contribution in [0.15, 0.2) is 41.3 Å². The number of amides is 1. The number of rotatable bonds is 3. The molecule has 2 rings (SSSR count). The van der Waals surface area contributed by atoms with Crippen molar-refractivity contribution in [1.29, 1.82) is 0 Å². The molecule has 0 saturated heterocycles. The van der Waals surface area contributed by atoms with Crippen LogP contribution in [-0.2, 0) is 0 Å². The summed E-state index contributed by atoms with van der Waals surface area (Å²) in [7, 11) is 0. The van der Waals surface area contributed by atoms with Crippen molar-refractivity contribution in [2.75, 3.05) is 11.6 Å². The van der Waals surface area contributed by atoms with Gasteiger partial charge in [0.25, 0.3) is 5.91 Å². The van der Waals surface area contributed by atoms with Gasteiger partial charge in [-0.25, -0.2) is 0 Å². The summed E-state index contributed by atoms with van der Waals surface area (Å²) < 4.78 is 1.01. The number of carbonyl (C=O) groups excluding carboxylic acids is 1. The van der Waals surface area contributed by atoms with Crippen LogP contribution in [0.2, 0.25) is 10.0 Å². The van der Waals surface area contributed by atoms with E-state index < -0.39 is 0 Å². The van der Waals surface area contributed by atoms with Gasteiger partial charge in [0.2, 0.25) is 0 Å². The van der Waals surface area contributed by atoms with E-state index in [1.807, 2.05) is 18.4 Å². The summed E-state index contributed by atoms with van der Waals surface area (Å²) in [5, 5.41) is 3.70. The van der Waals surface area contributed by atoms with E-state index in [9.17, 15) is 4.79 Å². The maximum absolute atomic E-state index is 12.3. The van der Waals surface area contributed by atoms with Crippen LogP contribution < -0.4 is 5.32 Å². The van der Waals surface area contributed by atoms with Crippen LogP contribution in [0.1, 0.15) is 10.4 Å². The van der Waals surface area contributed by atoms with Crippen molar-refractivity contribution in [3.63, 3.8) is 0 Å². The molecule has 1 N–H and O–H groups in total. The lowest BCUT2D eigenvalue weighted by Crippen LogP contribution is -2.13. The van der Waals surface area contributed by atoms with Crippen molar-refractivity contribution in [1.82, 2.24) is 0 Å². The molecule has 2 aromatic carbocycles. The molecule has 0 spiro atoms. The van der Waals surface area contributed by atoms with E-state index in [2.05, 4.69) is 27.9 Å². The van der Waals surface area contributed by atoms with E-state index in [0.717, 1.165) is 8.47 Å². The van der Waals surface area contributed by atoms with Crippen molar-refractivity contribution in [2.45, 2.75) is 4.90 Å². The van der Waals surface area contributed by atoms with Gasteiger partial charge in [-0.05, 0) is 65.2 Å². The smallest absolute Gasteiger partial charge is 0.257 e. The number of hydrogen-bond acceptors (Lipinski definition) is 2. The third-order valence-corrected chi connectivity index (χ3v) is 4.64.